The zero-order chi connectivity index (χ0) is 23.1. The second-order valence-corrected chi connectivity index (χ2v) is 12.3. The van der Waals surface area contributed by atoms with E-state index < -0.39 is 5.60 Å². The normalized spacial score (nSPS) is 33.3. The van der Waals surface area contributed by atoms with Crippen molar-refractivity contribution in [1.29, 1.82) is 0 Å². The number of piperidine rings is 1. The van der Waals surface area contributed by atoms with Crippen molar-refractivity contribution in [3.63, 3.8) is 0 Å². The Hall–Kier alpha value is -1.85. The van der Waals surface area contributed by atoms with Gasteiger partial charge in [-0.15, -0.1) is 0 Å². The van der Waals surface area contributed by atoms with Crippen LogP contribution in [-0.4, -0.2) is 49.6 Å². The lowest BCUT2D eigenvalue weighted by molar-refractivity contribution is -0.152. The highest BCUT2D eigenvalue weighted by atomic mass is 16.3. The molecule has 0 spiro atoms. The van der Waals surface area contributed by atoms with Crippen LogP contribution in [0.15, 0.2) is 18.2 Å². The number of benzene rings is 1. The minimum Gasteiger partial charge on any atom is -0.508 e. The van der Waals surface area contributed by atoms with Gasteiger partial charge in [-0.3, -0.25) is 9.58 Å². The van der Waals surface area contributed by atoms with E-state index in [1.807, 2.05) is 12.1 Å². The molecule has 1 aromatic carbocycles. The van der Waals surface area contributed by atoms with Crippen LogP contribution in [0.1, 0.15) is 79.4 Å². The van der Waals surface area contributed by atoms with Gasteiger partial charge in [0.15, 0.2) is 0 Å². The molecular weight excluding hydrogens is 422 g/mol. The molecule has 3 atom stereocenters. The lowest BCUT2D eigenvalue weighted by Crippen LogP contribution is -2.74. The van der Waals surface area contributed by atoms with Crippen LogP contribution in [0, 0.1) is 18.8 Å². The van der Waals surface area contributed by atoms with E-state index in [4.69, 9.17) is 5.10 Å². The third-order valence-electron chi connectivity index (χ3n) is 10.3. The molecule has 4 aliphatic carbocycles. The van der Waals surface area contributed by atoms with Crippen LogP contribution in [0.3, 0.4) is 0 Å². The summed E-state index contributed by atoms with van der Waals surface area (Å²) in [5.74, 6) is 1.87. The van der Waals surface area contributed by atoms with Gasteiger partial charge in [-0.2, -0.15) is 5.10 Å². The SMILES string of the molecule is Cc1c2c(nn1CC1CCCCC1)C[C@@]13CCN(CC4CC4)C(Cc4ccc(O)cc41)[C@@]3(O)C2. The average molecular weight is 462 g/mol. The monoisotopic (exact) mass is 461 g/mol. The fourth-order valence-electron chi connectivity index (χ4n) is 8.23. The van der Waals surface area contributed by atoms with Crippen LogP contribution in [0.25, 0.3) is 0 Å². The van der Waals surface area contributed by atoms with Crippen molar-refractivity contribution < 1.29 is 10.2 Å². The zero-order valence-corrected chi connectivity index (χ0v) is 20.6. The average Bonchev–Trinajstić information content (AvgIpc) is 3.60. The minimum atomic E-state index is -0.808. The molecule has 2 N–H and O–H groups in total. The lowest BCUT2D eigenvalue weighted by atomic mass is 9.49. The molecule has 2 bridgehead atoms. The Labute approximate surface area is 203 Å². The van der Waals surface area contributed by atoms with Crippen molar-refractivity contribution in [2.45, 2.75) is 101 Å². The van der Waals surface area contributed by atoms with E-state index in [-0.39, 0.29) is 11.5 Å². The van der Waals surface area contributed by atoms with E-state index in [0.717, 1.165) is 50.7 Å². The van der Waals surface area contributed by atoms with Gasteiger partial charge in [0.2, 0.25) is 0 Å². The van der Waals surface area contributed by atoms with Gasteiger partial charge in [-0.1, -0.05) is 25.3 Å². The van der Waals surface area contributed by atoms with Gasteiger partial charge >= 0.3 is 0 Å². The van der Waals surface area contributed by atoms with Gasteiger partial charge in [-0.25, -0.2) is 0 Å². The fourth-order valence-corrected chi connectivity index (χ4v) is 8.23. The van der Waals surface area contributed by atoms with Crippen molar-refractivity contribution in [3.05, 3.63) is 46.3 Å². The zero-order valence-electron chi connectivity index (χ0n) is 20.6. The van der Waals surface area contributed by atoms with E-state index in [1.165, 1.54) is 73.0 Å². The van der Waals surface area contributed by atoms with Gasteiger partial charge in [0.05, 0.1) is 11.3 Å². The van der Waals surface area contributed by atoms with Crippen LogP contribution in [0.5, 0.6) is 5.75 Å². The highest BCUT2D eigenvalue weighted by Gasteiger charge is 2.65. The summed E-state index contributed by atoms with van der Waals surface area (Å²) >= 11 is 0. The Morgan fingerprint density at radius 3 is 2.62 bits per heavy atom. The minimum absolute atomic E-state index is 0.146. The molecule has 1 unspecified atom stereocenters. The highest BCUT2D eigenvalue weighted by Crippen LogP contribution is 2.58. The maximum Gasteiger partial charge on any atom is 0.115 e. The first-order chi connectivity index (χ1) is 16.5. The summed E-state index contributed by atoms with van der Waals surface area (Å²) in [6.45, 7) is 5.42. The molecule has 2 heterocycles. The molecule has 2 saturated carbocycles. The van der Waals surface area contributed by atoms with E-state index in [2.05, 4.69) is 22.6 Å². The van der Waals surface area contributed by atoms with Crippen molar-refractivity contribution in [3.8, 4) is 5.75 Å². The topological polar surface area (TPSA) is 61.5 Å². The smallest absolute Gasteiger partial charge is 0.115 e. The molecule has 3 fully saturated rings. The Morgan fingerprint density at radius 1 is 1.03 bits per heavy atom. The van der Waals surface area contributed by atoms with E-state index in [0.29, 0.717) is 12.2 Å². The molecule has 5 aliphatic rings. The highest BCUT2D eigenvalue weighted by molar-refractivity contribution is 5.52. The summed E-state index contributed by atoms with van der Waals surface area (Å²) in [5.41, 5.74) is 5.11. The number of hydrogen-bond donors (Lipinski definition) is 2. The van der Waals surface area contributed by atoms with Gasteiger partial charge in [0, 0.05) is 43.1 Å². The molecule has 0 amide bonds. The second kappa shape index (κ2) is 7.57. The molecule has 5 heteroatoms. The molecule has 1 aliphatic heterocycles. The van der Waals surface area contributed by atoms with E-state index in [9.17, 15) is 10.2 Å². The molecule has 0 radical (unpaired) electrons. The number of nitrogens with zero attached hydrogens (tertiary/aromatic N) is 3. The number of likely N-dealkylation sites (tertiary alicyclic amines) is 1. The number of phenolic OH excluding ortho intramolecular Hbond substituents is 1. The predicted molar refractivity (Wildman–Crippen MR) is 132 cm³/mol. The number of aromatic hydroxyl groups is 1. The van der Waals surface area contributed by atoms with Crippen LogP contribution < -0.4 is 0 Å². The predicted octanol–water partition coefficient (Wildman–Crippen LogP) is 4.29. The lowest BCUT2D eigenvalue weighted by Gasteiger charge is -2.63. The molecular formula is C29H39N3O2. The second-order valence-electron chi connectivity index (χ2n) is 12.3. The first-order valence-electron chi connectivity index (χ1n) is 13.8. The van der Waals surface area contributed by atoms with E-state index >= 15 is 0 Å². The standard InChI is InChI=1S/C29H39N3O2/c1-19-24-15-29(34)27-13-22-9-10-23(33)14-25(22)28(29,11-12-31(27)17-21-7-8-21)16-26(24)30-32(19)18-20-5-3-2-4-6-20/h9-10,14,20-21,27,33-34H,2-8,11-13,15-18H2,1H3/t27?,28-,29-/m0/s1. The Kier molecular flexibility index (Phi) is 4.77. The molecule has 2 aromatic rings. The maximum atomic E-state index is 12.7. The van der Waals surface area contributed by atoms with Crippen LogP contribution in [0.2, 0.25) is 0 Å². The van der Waals surface area contributed by atoms with Crippen LogP contribution >= 0.6 is 0 Å². The number of phenols is 1. The summed E-state index contributed by atoms with van der Waals surface area (Å²) in [6, 6.07) is 6.05. The van der Waals surface area contributed by atoms with Crippen LogP contribution in [-0.2, 0) is 31.2 Å². The van der Waals surface area contributed by atoms with Gasteiger partial charge in [0.1, 0.15) is 5.75 Å². The third kappa shape index (κ3) is 3.08. The Morgan fingerprint density at radius 2 is 1.82 bits per heavy atom. The summed E-state index contributed by atoms with van der Waals surface area (Å²) in [6.07, 6.45) is 12.7. The number of fused-ring (bicyclic) bond motifs is 2. The van der Waals surface area contributed by atoms with Gasteiger partial charge < -0.3 is 10.2 Å². The first kappa shape index (κ1) is 21.4. The summed E-state index contributed by atoms with van der Waals surface area (Å²) in [5, 5.41) is 28.4. The number of hydrogen-bond acceptors (Lipinski definition) is 4. The Balaban J connectivity index is 1.31. The number of aromatic nitrogens is 2. The molecule has 7 rings (SSSR count). The molecule has 1 saturated heterocycles. The largest absolute Gasteiger partial charge is 0.508 e. The van der Waals surface area contributed by atoms with Gasteiger partial charge in [-0.05, 0) is 92.7 Å². The molecule has 182 valence electrons. The summed E-state index contributed by atoms with van der Waals surface area (Å²) in [4.78, 5) is 2.62. The quantitative estimate of drug-likeness (QED) is 0.713. The maximum absolute atomic E-state index is 12.7. The molecule has 34 heavy (non-hydrogen) atoms. The van der Waals surface area contributed by atoms with E-state index in [1.54, 1.807) is 0 Å². The van der Waals surface area contributed by atoms with Crippen molar-refractivity contribution in [2.75, 3.05) is 13.1 Å². The molecule has 5 nitrogen and oxygen atoms in total. The van der Waals surface area contributed by atoms with Gasteiger partial charge in [0.25, 0.3) is 0 Å². The third-order valence-corrected chi connectivity index (χ3v) is 10.3. The number of rotatable bonds is 4. The first-order valence-corrected chi connectivity index (χ1v) is 13.8. The van der Waals surface area contributed by atoms with Crippen LogP contribution in [0.4, 0.5) is 0 Å². The summed E-state index contributed by atoms with van der Waals surface area (Å²) in [7, 11) is 0. The summed E-state index contributed by atoms with van der Waals surface area (Å²) < 4.78 is 2.29. The fraction of sp³-hybridized carbons (Fsp3) is 0.690. The van der Waals surface area contributed by atoms with Crippen molar-refractivity contribution in [2.24, 2.45) is 11.8 Å². The van der Waals surface area contributed by atoms with Crippen molar-refractivity contribution >= 4 is 0 Å². The molecule has 1 aromatic heterocycles. The Bertz CT molecular complexity index is 1110. The van der Waals surface area contributed by atoms with Crippen molar-refractivity contribution in [1.82, 2.24) is 14.7 Å². The number of aliphatic hydroxyl groups is 1.